The minimum absolute atomic E-state index is 0.225. The molecule has 3 aromatic rings. The molecule has 0 spiro atoms. The highest BCUT2D eigenvalue weighted by Gasteiger charge is 2.26. The highest BCUT2D eigenvalue weighted by Crippen LogP contribution is 2.46. The van der Waals surface area contributed by atoms with Crippen molar-refractivity contribution >= 4 is 43.8 Å². The molecule has 0 fully saturated rings. The van der Waals surface area contributed by atoms with Gasteiger partial charge in [-0.2, -0.15) is 0 Å². The number of benzene rings is 1. The highest BCUT2D eigenvalue weighted by atomic mass is 32.1. The van der Waals surface area contributed by atoms with Gasteiger partial charge in [-0.1, -0.05) is 12.1 Å². The van der Waals surface area contributed by atoms with Crippen LogP contribution >= 0.6 is 22.7 Å². The molecule has 27 heavy (non-hydrogen) atoms. The summed E-state index contributed by atoms with van der Waals surface area (Å²) in [6.07, 6.45) is 5.87. The van der Waals surface area contributed by atoms with Crippen LogP contribution in [0.25, 0.3) is 20.8 Å². The van der Waals surface area contributed by atoms with Gasteiger partial charge in [0, 0.05) is 10.4 Å². The van der Waals surface area contributed by atoms with Gasteiger partial charge in [0.15, 0.2) is 0 Å². The van der Waals surface area contributed by atoms with Gasteiger partial charge < -0.3 is 14.8 Å². The average Bonchev–Trinajstić information content (AvgIpc) is 3.29. The van der Waals surface area contributed by atoms with E-state index in [0.717, 1.165) is 38.6 Å². The molecule has 2 aliphatic rings. The lowest BCUT2D eigenvalue weighted by molar-refractivity contribution is -0.117. The summed E-state index contributed by atoms with van der Waals surface area (Å²) < 4.78 is 11.8. The first-order valence-corrected chi connectivity index (χ1v) is 10.7. The van der Waals surface area contributed by atoms with E-state index in [-0.39, 0.29) is 11.7 Å². The molecule has 3 heterocycles. The third-order valence-electron chi connectivity index (χ3n) is 4.78. The van der Waals surface area contributed by atoms with Crippen molar-refractivity contribution in [3.8, 4) is 10.6 Å². The Bertz CT molecular complexity index is 1020. The number of anilines is 1. The van der Waals surface area contributed by atoms with Crippen LogP contribution in [0.4, 0.5) is 5.00 Å². The molecule has 138 valence electrons. The van der Waals surface area contributed by atoms with E-state index in [4.69, 9.17) is 14.5 Å². The number of aromatic nitrogens is 1. The van der Waals surface area contributed by atoms with E-state index < -0.39 is 0 Å². The zero-order valence-electron chi connectivity index (χ0n) is 14.6. The van der Waals surface area contributed by atoms with Crippen molar-refractivity contribution in [2.75, 3.05) is 18.5 Å². The zero-order valence-corrected chi connectivity index (χ0v) is 16.3. The first-order chi connectivity index (χ1) is 13.3. The van der Waals surface area contributed by atoms with Gasteiger partial charge in [-0.3, -0.25) is 4.79 Å². The Morgan fingerprint density at radius 1 is 1.11 bits per heavy atom. The molecule has 1 amide bonds. The summed E-state index contributed by atoms with van der Waals surface area (Å²) in [6.45, 7) is 0.867. The molecule has 5 nitrogen and oxygen atoms in total. The normalized spacial score (nSPS) is 16.2. The lowest BCUT2D eigenvalue weighted by Crippen LogP contribution is -2.20. The summed E-state index contributed by atoms with van der Waals surface area (Å²) in [6, 6.07) is 8.16. The number of thiophene rings is 1. The molecule has 0 bridgehead atoms. The van der Waals surface area contributed by atoms with Crippen molar-refractivity contribution in [1.82, 2.24) is 4.98 Å². The van der Waals surface area contributed by atoms with Crippen LogP contribution < -0.4 is 5.32 Å². The number of carbonyl (C=O) groups excluding carboxylic acids is 1. The summed E-state index contributed by atoms with van der Waals surface area (Å²) >= 11 is 3.35. The first-order valence-electron chi connectivity index (χ1n) is 9.06. The molecular formula is C20H18N2O3S2. The highest BCUT2D eigenvalue weighted by molar-refractivity contribution is 7.22. The number of thiazole rings is 1. The van der Waals surface area contributed by atoms with Crippen LogP contribution in [0, 0.1) is 0 Å². The number of carbonyl (C=O) groups is 1. The second kappa shape index (κ2) is 6.98. The Morgan fingerprint density at radius 2 is 2.00 bits per heavy atom. The zero-order chi connectivity index (χ0) is 18.2. The maximum absolute atomic E-state index is 12.6. The van der Waals surface area contributed by atoms with Gasteiger partial charge >= 0.3 is 0 Å². The van der Waals surface area contributed by atoms with Crippen molar-refractivity contribution in [2.24, 2.45) is 0 Å². The van der Waals surface area contributed by atoms with Gasteiger partial charge in [0.2, 0.25) is 5.76 Å². The summed E-state index contributed by atoms with van der Waals surface area (Å²) in [7, 11) is 0. The molecular weight excluding hydrogens is 380 g/mol. The molecule has 1 aliphatic heterocycles. The summed E-state index contributed by atoms with van der Waals surface area (Å²) in [5.41, 5.74) is 3.43. The van der Waals surface area contributed by atoms with E-state index in [2.05, 4.69) is 11.4 Å². The summed E-state index contributed by atoms with van der Waals surface area (Å²) in [5.74, 6) is -0.0430. The largest absolute Gasteiger partial charge is 0.494 e. The van der Waals surface area contributed by atoms with Crippen LogP contribution in [0.1, 0.15) is 23.3 Å². The van der Waals surface area contributed by atoms with Gasteiger partial charge in [0.1, 0.15) is 29.5 Å². The lowest BCUT2D eigenvalue weighted by atomic mass is 9.96. The fraction of sp³-hybridized carbons (Fsp3) is 0.300. The van der Waals surface area contributed by atoms with E-state index in [1.54, 1.807) is 22.7 Å². The standard InChI is InChI=1S/C20H18N2O3S2/c23-18(14-11-24-9-10-25-14)22-20-17(12-5-1-3-7-15(12)26-20)19-21-13-6-2-4-8-16(13)27-19/h2,4,6,8,11H,1,3,5,7,9-10H2,(H,22,23). The minimum Gasteiger partial charge on any atom is -0.494 e. The predicted molar refractivity (Wildman–Crippen MR) is 108 cm³/mol. The Morgan fingerprint density at radius 3 is 2.85 bits per heavy atom. The van der Waals surface area contributed by atoms with Gasteiger partial charge in [0.05, 0.1) is 10.2 Å². The monoisotopic (exact) mass is 398 g/mol. The number of rotatable bonds is 3. The quantitative estimate of drug-likeness (QED) is 0.693. The lowest BCUT2D eigenvalue weighted by Gasteiger charge is -2.15. The Balaban J connectivity index is 1.57. The third-order valence-corrected chi connectivity index (χ3v) is 7.04. The molecule has 1 aromatic carbocycles. The topological polar surface area (TPSA) is 60.5 Å². The minimum atomic E-state index is -0.268. The van der Waals surface area contributed by atoms with Gasteiger partial charge in [-0.15, -0.1) is 22.7 Å². The van der Waals surface area contributed by atoms with Crippen molar-refractivity contribution in [2.45, 2.75) is 25.7 Å². The van der Waals surface area contributed by atoms with E-state index in [1.807, 2.05) is 18.2 Å². The second-order valence-electron chi connectivity index (χ2n) is 6.56. The van der Waals surface area contributed by atoms with Crippen molar-refractivity contribution in [3.63, 3.8) is 0 Å². The molecule has 1 N–H and O–H groups in total. The number of aryl methyl sites for hydroxylation is 1. The number of amides is 1. The Labute approximate surface area is 164 Å². The molecule has 5 rings (SSSR count). The van der Waals surface area contributed by atoms with Gasteiger partial charge in [-0.05, 0) is 43.4 Å². The van der Waals surface area contributed by atoms with Gasteiger partial charge in [0.25, 0.3) is 5.91 Å². The number of nitrogens with zero attached hydrogens (tertiary/aromatic N) is 1. The van der Waals surface area contributed by atoms with Crippen molar-refractivity contribution < 1.29 is 14.3 Å². The maximum atomic E-state index is 12.6. The molecule has 0 unspecified atom stereocenters. The number of fused-ring (bicyclic) bond motifs is 2. The van der Waals surface area contributed by atoms with Crippen LogP contribution in [0.3, 0.4) is 0 Å². The predicted octanol–water partition coefficient (Wildman–Crippen LogP) is 4.73. The Kier molecular flexibility index (Phi) is 4.33. The SMILES string of the molecule is O=C(Nc1sc2c(c1-c1nc3ccccc3s1)CCCC2)C1=COCCO1. The van der Waals surface area contributed by atoms with E-state index in [1.165, 1.54) is 29.5 Å². The van der Waals surface area contributed by atoms with Crippen LogP contribution in [0.15, 0.2) is 36.3 Å². The van der Waals surface area contributed by atoms with E-state index >= 15 is 0 Å². The van der Waals surface area contributed by atoms with Gasteiger partial charge in [-0.25, -0.2) is 4.98 Å². The molecule has 0 radical (unpaired) electrons. The first kappa shape index (κ1) is 16.8. The molecule has 0 atom stereocenters. The van der Waals surface area contributed by atoms with Crippen LogP contribution in [-0.4, -0.2) is 24.1 Å². The third kappa shape index (κ3) is 3.11. The number of nitrogens with one attached hydrogen (secondary N) is 1. The Hall–Kier alpha value is -2.38. The number of ether oxygens (including phenoxy) is 2. The molecule has 7 heteroatoms. The fourth-order valence-corrected chi connectivity index (χ4v) is 5.91. The van der Waals surface area contributed by atoms with Crippen LogP contribution in [-0.2, 0) is 27.1 Å². The van der Waals surface area contributed by atoms with Crippen molar-refractivity contribution in [3.05, 3.63) is 46.7 Å². The van der Waals surface area contributed by atoms with E-state index in [0.29, 0.717) is 13.2 Å². The van der Waals surface area contributed by atoms with E-state index in [9.17, 15) is 4.79 Å². The summed E-state index contributed by atoms with van der Waals surface area (Å²) in [5, 5.41) is 4.89. The fourth-order valence-electron chi connectivity index (χ4n) is 3.51. The molecule has 0 saturated carbocycles. The van der Waals surface area contributed by atoms with Crippen LogP contribution in [0.5, 0.6) is 0 Å². The number of hydrogen-bond acceptors (Lipinski definition) is 6. The maximum Gasteiger partial charge on any atom is 0.294 e. The van der Waals surface area contributed by atoms with Crippen LogP contribution in [0.2, 0.25) is 0 Å². The number of para-hydroxylation sites is 1. The molecule has 1 aliphatic carbocycles. The second-order valence-corrected chi connectivity index (χ2v) is 8.69. The summed E-state index contributed by atoms with van der Waals surface area (Å²) in [4.78, 5) is 18.9. The smallest absolute Gasteiger partial charge is 0.294 e. The van der Waals surface area contributed by atoms with Crippen molar-refractivity contribution in [1.29, 1.82) is 0 Å². The molecule has 0 saturated heterocycles. The average molecular weight is 399 g/mol. The molecule has 2 aromatic heterocycles. The number of hydrogen-bond donors (Lipinski definition) is 1.